The maximum Gasteiger partial charge on any atom is 0.0998 e. The Kier molecular flexibility index (Phi) is 1.80. The van der Waals surface area contributed by atoms with Gasteiger partial charge in [0.1, 0.15) is 0 Å². The second kappa shape index (κ2) is 3.37. The molecule has 0 unspecified atom stereocenters. The second-order valence-electron chi connectivity index (χ2n) is 4.85. The minimum Gasteiger partial charge on any atom is -0.399 e. The minimum absolute atomic E-state index is 0.705. The Labute approximate surface area is 110 Å². The molecule has 0 bridgehead atoms. The summed E-state index contributed by atoms with van der Waals surface area (Å²) in [5.41, 5.74) is 7.38. The smallest absolute Gasteiger partial charge is 0.0998 e. The zero-order valence-electron chi connectivity index (χ0n) is 10.1. The molecule has 0 spiro atoms. The van der Waals surface area contributed by atoms with Gasteiger partial charge < -0.3 is 5.73 Å². The predicted octanol–water partition coefficient (Wildman–Crippen LogP) is 4.04. The maximum atomic E-state index is 9.34. The fourth-order valence-electron chi connectivity index (χ4n) is 2.96. The van der Waals surface area contributed by atoms with E-state index in [-0.39, 0.29) is 0 Å². The lowest BCUT2D eigenvalue weighted by molar-refractivity contribution is 1.51. The Hall–Kier alpha value is -2.79. The molecule has 0 aliphatic heterocycles. The molecule has 2 N–H and O–H groups in total. The van der Waals surface area contributed by atoms with Crippen molar-refractivity contribution in [2.45, 2.75) is 0 Å². The van der Waals surface area contributed by atoms with Gasteiger partial charge in [-0.25, -0.2) is 0 Å². The average molecular weight is 242 g/mol. The number of nitrogens with two attached hydrogens (primary N) is 1. The van der Waals surface area contributed by atoms with E-state index in [0.717, 1.165) is 32.6 Å². The van der Waals surface area contributed by atoms with Crippen LogP contribution in [-0.2, 0) is 0 Å². The zero-order valence-corrected chi connectivity index (χ0v) is 10.1. The Balaban J connectivity index is 2.45. The van der Waals surface area contributed by atoms with E-state index in [9.17, 15) is 5.26 Å². The highest BCUT2D eigenvalue weighted by Gasteiger charge is 2.11. The van der Waals surface area contributed by atoms with Gasteiger partial charge in [0.25, 0.3) is 0 Å². The van der Waals surface area contributed by atoms with Crippen LogP contribution in [0.5, 0.6) is 0 Å². The van der Waals surface area contributed by atoms with Gasteiger partial charge >= 0.3 is 0 Å². The van der Waals surface area contributed by atoms with Gasteiger partial charge in [0.15, 0.2) is 0 Å². The van der Waals surface area contributed by atoms with Gasteiger partial charge in [-0.05, 0) is 45.1 Å². The molecule has 0 aliphatic rings. The van der Waals surface area contributed by atoms with E-state index in [1.54, 1.807) is 0 Å². The topological polar surface area (TPSA) is 49.8 Å². The summed E-state index contributed by atoms with van der Waals surface area (Å²) in [7, 11) is 0. The molecule has 2 heteroatoms. The van der Waals surface area contributed by atoms with Gasteiger partial charge in [-0.1, -0.05) is 30.3 Å². The third-order valence-corrected chi connectivity index (χ3v) is 3.72. The largest absolute Gasteiger partial charge is 0.399 e. The van der Waals surface area contributed by atoms with Crippen LogP contribution in [0.1, 0.15) is 5.56 Å². The Bertz CT molecular complexity index is 977. The molecule has 4 rings (SSSR count). The van der Waals surface area contributed by atoms with E-state index in [0.29, 0.717) is 5.56 Å². The van der Waals surface area contributed by atoms with E-state index in [4.69, 9.17) is 5.73 Å². The van der Waals surface area contributed by atoms with Crippen LogP contribution in [0.4, 0.5) is 5.69 Å². The van der Waals surface area contributed by atoms with Crippen molar-refractivity contribution in [3.63, 3.8) is 0 Å². The van der Waals surface area contributed by atoms with Crippen LogP contribution in [0.3, 0.4) is 0 Å². The van der Waals surface area contributed by atoms with E-state index in [1.807, 2.05) is 30.3 Å². The van der Waals surface area contributed by atoms with Gasteiger partial charge in [0.05, 0.1) is 11.6 Å². The second-order valence-corrected chi connectivity index (χ2v) is 4.85. The van der Waals surface area contributed by atoms with Crippen LogP contribution >= 0.6 is 0 Å². The zero-order chi connectivity index (χ0) is 13.0. The number of nitrogens with zero attached hydrogens (tertiary/aromatic N) is 1. The predicted molar refractivity (Wildman–Crippen MR) is 79.3 cm³/mol. The summed E-state index contributed by atoms with van der Waals surface area (Å²) in [5, 5.41) is 16.0. The Morgan fingerprint density at radius 3 is 2.47 bits per heavy atom. The van der Waals surface area contributed by atoms with Crippen molar-refractivity contribution in [1.82, 2.24) is 0 Å². The van der Waals surface area contributed by atoms with Crippen molar-refractivity contribution < 1.29 is 0 Å². The van der Waals surface area contributed by atoms with E-state index >= 15 is 0 Å². The van der Waals surface area contributed by atoms with Gasteiger partial charge in [-0.15, -0.1) is 0 Å². The summed E-state index contributed by atoms with van der Waals surface area (Å²) in [5.74, 6) is 0. The van der Waals surface area contributed by atoms with Crippen molar-refractivity contribution >= 4 is 38.0 Å². The van der Waals surface area contributed by atoms with Crippen LogP contribution in [0.2, 0.25) is 0 Å². The molecule has 0 aromatic heterocycles. The number of hydrogen-bond acceptors (Lipinski definition) is 2. The van der Waals surface area contributed by atoms with E-state index < -0.39 is 0 Å². The summed E-state index contributed by atoms with van der Waals surface area (Å²) in [6.07, 6.45) is 0. The molecule has 88 valence electrons. The first-order valence-electron chi connectivity index (χ1n) is 6.15. The van der Waals surface area contributed by atoms with Crippen molar-refractivity contribution in [3.05, 3.63) is 54.1 Å². The van der Waals surface area contributed by atoms with E-state index in [1.165, 1.54) is 5.39 Å². The molecule has 4 aromatic carbocycles. The normalized spacial score (nSPS) is 11.3. The summed E-state index contributed by atoms with van der Waals surface area (Å²) in [6.45, 7) is 0. The fourth-order valence-corrected chi connectivity index (χ4v) is 2.96. The molecule has 0 fully saturated rings. The molecule has 2 nitrogen and oxygen atoms in total. The summed E-state index contributed by atoms with van der Waals surface area (Å²) >= 11 is 0. The Morgan fingerprint density at radius 2 is 1.63 bits per heavy atom. The average Bonchev–Trinajstić information content (AvgIpc) is 2.43. The standard InChI is InChI=1S/C17H10N2/c18-9-13-6-12-8-14(19)7-11-5-4-10-2-1-3-15(13)17(10)16(11)12/h1-8H,19H2. The van der Waals surface area contributed by atoms with Crippen LogP contribution < -0.4 is 5.73 Å². The molecule has 0 saturated heterocycles. The van der Waals surface area contributed by atoms with Gasteiger partial charge in [0, 0.05) is 11.1 Å². The minimum atomic E-state index is 0.705. The summed E-state index contributed by atoms with van der Waals surface area (Å²) < 4.78 is 0. The van der Waals surface area contributed by atoms with Crippen LogP contribution in [0.25, 0.3) is 32.3 Å². The molecular weight excluding hydrogens is 232 g/mol. The molecule has 0 amide bonds. The van der Waals surface area contributed by atoms with Crippen LogP contribution in [0, 0.1) is 11.3 Å². The number of hydrogen-bond donors (Lipinski definition) is 1. The molecule has 0 heterocycles. The SMILES string of the molecule is N#Cc1cc2cc(N)cc3ccc4cccc1c4c32. The maximum absolute atomic E-state index is 9.34. The number of nitriles is 1. The van der Waals surface area contributed by atoms with Crippen LogP contribution in [-0.4, -0.2) is 0 Å². The van der Waals surface area contributed by atoms with Crippen LogP contribution in [0.15, 0.2) is 48.5 Å². The Morgan fingerprint density at radius 1 is 0.842 bits per heavy atom. The molecule has 19 heavy (non-hydrogen) atoms. The molecule has 0 atom stereocenters. The third-order valence-electron chi connectivity index (χ3n) is 3.72. The van der Waals surface area contributed by atoms with Crippen molar-refractivity contribution in [3.8, 4) is 6.07 Å². The molecule has 0 radical (unpaired) electrons. The van der Waals surface area contributed by atoms with Gasteiger partial charge in [-0.2, -0.15) is 5.26 Å². The lowest BCUT2D eigenvalue weighted by atomic mass is 9.91. The first kappa shape index (κ1) is 10.2. The monoisotopic (exact) mass is 242 g/mol. The molecule has 4 aromatic rings. The summed E-state index contributed by atoms with van der Waals surface area (Å²) in [6, 6.07) is 18.4. The molecular formula is C17H10N2. The van der Waals surface area contributed by atoms with Crippen molar-refractivity contribution in [2.24, 2.45) is 0 Å². The highest BCUT2D eigenvalue weighted by atomic mass is 14.5. The lowest BCUT2D eigenvalue weighted by Gasteiger charge is -2.12. The highest BCUT2D eigenvalue weighted by molar-refractivity contribution is 6.24. The number of anilines is 1. The molecule has 0 aliphatic carbocycles. The highest BCUT2D eigenvalue weighted by Crippen LogP contribution is 2.37. The number of benzene rings is 4. The number of nitrogen functional groups attached to an aromatic ring is 1. The molecule has 0 saturated carbocycles. The van der Waals surface area contributed by atoms with E-state index in [2.05, 4.69) is 24.3 Å². The quantitative estimate of drug-likeness (QED) is 0.373. The third kappa shape index (κ3) is 1.24. The van der Waals surface area contributed by atoms with Crippen molar-refractivity contribution in [1.29, 1.82) is 5.26 Å². The summed E-state index contributed by atoms with van der Waals surface area (Å²) in [4.78, 5) is 0. The fraction of sp³-hybridized carbons (Fsp3) is 0. The number of rotatable bonds is 0. The first-order valence-corrected chi connectivity index (χ1v) is 6.15. The first-order chi connectivity index (χ1) is 9.28. The van der Waals surface area contributed by atoms with Crippen molar-refractivity contribution in [2.75, 3.05) is 5.73 Å². The van der Waals surface area contributed by atoms with Gasteiger partial charge in [-0.3, -0.25) is 0 Å². The van der Waals surface area contributed by atoms with Gasteiger partial charge in [0.2, 0.25) is 0 Å². The lowest BCUT2D eigenvalue weighted by Crippen LogP contribution is -1.90.